The lowest BCUT2D eigenvalue weighted by Gasteiger charge is -2.37. The Morgan fingerprint density at radius 1 is 1.28 bits per heavy atom. The zero-order valence-corrected chi connectivity index (χ0v) is 11.7. The van der Waals surface area contributed by atoms with Crippen molar-refractivity contribution in [1.82, 2.24) is 10.2 Å². The molecule has 1 saturated heterocycles. The Morgan fingerprint density at radius 3 is 2.67 bits per heavy atom. The van der Waals surface area contributed by atoms with Crippen molar-refractivity contribution in [1.29, 1.82) is 0 Å². The molecule has 4 heteroatoms. The van der Waals surface area contributed by atoms with E-state index in [1.165, 1.54) is 12.8 Å². The Morgan fingerprint density at radius 2 is 2.06 bits per heavy atom. The van der Waals surface area contributed by atoms with Crippen LogP contribution in [0, 0.1) is 5.92 Å². The van der Waals surface area contributed by atoms with Gasteiger partial charge in [0.2, 0.25) is 0 Å². The van der Waals surface area contributed by atoms with Gasteiger partial charge in [0, 0.05) is 31.6 Å². The predicted molar refractivity (Wildman–Crippen MR) is 71.4 cm³/mol. The molecule has 0 aromatic heterocycles. The van der Waals surface area contributed by atoms with E-state index in [-0.39, 0.29) is 5.97 Å². The molecule has 2 aliphatic rings. The van der Waals surface area contributed by atoms with E-state index in [1.54, 1.807) is 0 Å². The molecular formula is C14H26N2O2. The zero-order valence-electron chi connectivity index (χ0n) is 11.7. The smallest absolute Gasteiger partial charge is 0.306 e. The molecule has 1 heterocycles. The number of ether oxygens (including phenoxy) is 1. The fourth-order valence-corrected chi connectivity index (χ4v) is 2.87. The van der Waals surface area contributed by atoms with Crippen molar-refractivity contribution >= 4 is 5.97 Å². The molecule has 0 aromatic carbocycles. The molecule has 18 heavy (non-hydrogen) atoms. The van der Waals surface area contributed by atoms with Gasteiger partial charge in [-0.3, -0.25) is 4.79 Å². The minimum absolute atomic E-state index is 0.0365. The highest BCUT2D eigenvalue weighted by Crippen LogP contribution is 2.25. The molecule has 0 spiro atoms. The number of piperidine rings is 1. The molecule has 1 aliphatic heterocycles. The normalized spacial score (nSPS) is 29.2. The van der Waals surface area contributed by atoms with Gasteiger partial charge in [-0.15, -0.1) is 0 Å². The van der Waals surface area contributed by atoms with Crippen LogP contribution >= 0.6 is 0 Å². The monoisotopic (exact) mass is 254 g/mol. The van der Waals surface area contributed by atoms with E-state index in [0.717, 1.165) is 32.1 Å². The summed E-state index contributed by atoms with van der Waals surface area (Å²) in [5, 5.41) is 3.70. The average Bonchev–Trinajstić information content (AvgIpc) is 3.12. The standard InChI is InChI=1S/C14H26N2O2/c1-3-16-9-11(8-14(17)18-4-2)7-13(10-16)15-12-5-6-12/h11-13,15H,3-10H2,1-2H3. The van der Waals surface area contributed by atoms with Gasteiger partial charge in [-0.05, 0) is 38.6 Å². The first-order valence-electron chi connectivity index (χ1n) is 7.35. The van der Waals surface area contributed by atoms with Crippen LogP contribution in [0.1, 0.15) is 39.5 Å². The van der Waals surface area contributed by atoms with E-state index < -0.39 is 0 Å². The third-order valence-corrected chi connectivity index (χ3v) is 3.87. The van der Waals surface area contributed by atoms with Gasteiger partial charge < -0.3 is 15.0 Å². The molecule has 1 N–H and O–H groups in total. The SMILES string of the molecule is CCOC(=O)CC1CC(NC2CC2)CN(CC)C1. The number of rotatable bonds is 6. The molecule has 0 radical (unpaired) electrons. The highest BCUT2D eigenvalue weighted by Gasteiger charge is 2.32. The van der Waals surface area contributed by atoms with Gasteiger partial charge in [0.25, 0.3) is 0 Å². The summed E-state index contributed by atoms with van der Waals surface area (Å²) in [5.74, 6) is 0.416. The highest BCUT2D eigenvalue weighted by atomic mass is 16.5. The lowest BCUT2D eigenvalue weighted by molar-refractivity contribution is -0.144. The summed E-state index contributed by atoms with van der Waals surface area (Å²) in [6, 6.07) is 1.31. The van der Waals surface area contributed by atoms with Crippen molar-refractivity contribution in [2.24, 2.45) is 5.92 Å². The molecule has 0 aromatic rings. The number of carbonyl (C=O) groups excluding carboxylic acids is 1. The topological polar surface area (TPSA) is 41.6 Å². The summed E-state index contributed by atoms with van der Waals surface area (Å²) in [6.07, 6.45) is 4.34. The fourth-order valence-electron chi connectivity index (χ4n) is 2.87. The van der Waals surface area contributed by atoms with E-state index in [4.69, 9.17) is 4.74 Å². The lowest BCUT2D eigenvalue weighted by atomic mass is 9.91. The number of hydrogen-bond donors (Lipinski definition) is 1. The molecule has 2 fully saturated rings. The molecule has 2 unspecified atom stereocenters. The summed E-state index contributed by atoms with van der Waals surface area (Å²) in [6.45, 7) is 7.80. The molecule has 2 rings (SSSR count). The quantitative estimate of drug-likeness (QED) is 0.728. The van der Waals surface area contributed by atoms with E-state index >= 15 is 0 Å². The van der Waals surface area contributed by atoms with Gasteiger partial charge in [0.15, 0.2) is 0 Å². The molecule has 0 bridgehead atoms. The second kappa shape index (κ2) is 6.53. The molecule has 104 valence electrons. The van der Waals surface area contributed by atoms with Gasteiger partial charge >= 0.3 is 5.97 Å². The first-order valence-corrected chi connectivity index (χ1v) is 7.35. The van der Waals surface area contributed by atoms with Gasteiger partial charge in [-0.2, -0.15) is 0 Å². The summed E-state index contributed by atoms with van der Waals surface area (Å²) >= 11 is 0. The summed E-state index contributed by atoms with van der Waals surface area (Å²) in [7, 11) is 0. The second-order valence-corrected chi connectivity index (χ2v) is 5.60. The third-order valence-electron chi connectivity index (χ3n) is 3.87. The van der Waals surface area contributed by atoms with Crippen LogP contribution in [-0.2, 0) is 9.53 Å². The Bertz CT molecular complexity index is 279. The largest absolute Gasteiger partial charge is 0.466 e. The summed E-state index contributed by atoms with van der Waals surface area (Å²) in [4.78, 5) is 14.0. The third kappa shape index (κ3) is 4.25. The van der Waals surface area contributed by atoms with Crippen LogP contribution in [0.2, 0.25) is 0 Å². The summed E-state index contributed by atoms with van der Waals surface area (Å²) < 4.78 is 5.06. The molecule has 2 atom stereocenters. The number of likely N-dealkylation sites (N-methyl/N-ethyl adjacent to an activating group) is 1. The molecule has 4 nitrogen and oxygen atoms in total. The van der Waals surface area contributed by atoms with Crippen molar-refractivity contribution in [2.75, 3.05) is 26.2 Å². The van der Waals surface area contributed by atoms with Crippen LogP contribution in [0.4, 0.5) is 0 Å². The number of nitrogens with zero attached hydrogens (tertiary/aromatic N) is 1. The average molecular weight is 254 g/mol. The van der Waals surface area contributed by atoms with E-state index in [1.807, 2.05) is 6.92 Å². The number of hydrogen-bond acceptors (Lipinski definition) is 4. The van der Waals surface area contributed by atoms with E-state index in [2.05, 4.69) is 17.1 Å². The van der Waals surface area contributed by atoms with Crippen molar-refractivity contribution in [3.63, 3.8) is 0 Å². The van der Waals surface area contributed by atoms with Gasteiger partial charge in [-0.25, -0.2) is 0 Å². The number of nitrogens with one attached hydrogen (secondary N) is 1. The van der Waals surface area contributed by atoms with Crippen molar-refractivity contribution in [3.05, 3.63) is 0 Å². The Balaban J connectivity index is 1.82. The number of esters is 1. The zero-order chi connectivity index (χ0) is 13.0. The molecular weight excluding hydrogens is 228 g/mol. The van der Waals surface area contributed by atoms with Crippen LogP contribution in [0.5, 0.6) is 0 Å². The lowest BCUT2D eigenvalue weighted by Crippen LogP contribution is -2.50. The Hall–Kier alpha value is -0.610. The van der Waals surface area contributed by atoms with Crippen molar-refractivity contribution in [3.8, 4) is 0 Å². The maximum absolute atomic E-state index is 11.6. The number of carbonyl (C=O) groups is 1. The maximum Gasteiger partial charge on any atom is 0.306 e. The number of likely N-dealkylation sites (tertiary alicyclic amines) is 1. The van der Waals surface area contributed by atoms with Crippen LogP contribution < -0.4 is 5.32 Å². The Kier molecular flexibility index (Phi) is 5.01. The van der Waals surface area contributed by atoms with Crippen LogP contribution in [0.25, 0.3) is 0 Å². The molecule has 0 amide bonds. The molecule has 1 aliphatic carbocycles. The minimum atomic E-state index is -0.0365. The fraction of sp³-hybridized carbons (Fsp3) is 0.929. The van der Waals surface area contributed by atoms with Crippen molar-refractivity contribution < 1.29 is 9.53 Å². The second-order valence-electron chi connectivity index (χ2n) is 5.60. The van der Waals surface area contributed by atoms with Gasteiger partial charge in [0.1, 0.15) is 0 Å². The van der Waals surface area contributed by atoms with E-state index in [0.29, 0.717) is 25.0 Å². The van der Waals surface area contributed by atoms with Gasteiger partial charge in [-0.1, -0.05) is 6.92 Å². The first-order chi connectivity index (χ1) is 8.71. The highest BCUT2D eigenvalue weighted by molar-refractivity contribution is 5.69. The van der Waals surface area contributed by atoms with Crippen LogP contribution in [-0.4, -0.2) is 49.2 Å². The summed E-state index contributed by atoms with van der Waals surface area (Å²) in [5.41, 5.74) is 0. The maximum atomic E-state index is 11.6. The Labute approximate surface area is 110 Å². The minimum Gasteiger partial charge on any atom is -0.466 e. The predicted octanol–water partition coefficient (Wildman–Crippen LogP) is 1.40. The van der Waals surface area contributed by atoms with Crippen LogP contribution in [0.15, 0.2) is 0 Å². The van der Waals surface area contributed by atoms with Crippen LogP contribution in [0.3, 0.4) is 0 Å². The van der Waals surface area contributed by atoms with E-state index in [9.17, 15) is 4.79 Å². The van der Waals surface area contributed by atoms with Gasteiger partial charge in [0.05, 0.1) is 6.61 Å². The molecule has 1 saturated carbocycles. The van der Waals surface area contributed by atoms with Crippen molar-refractivity contribution in [2.45, 2.75) is 51.6 Å². The first kappa shape index (κ1) is 13.8.